The minimum atomic E-state index is -0.111. The van der Waals surface area contributed by atoms with Crippen molar-refractivity contribution < 1.29 is 9.32 Å². The van der Waals surface area contributed by atoms with E-state index in [2.05, 4.69) is 10.1 Å². The number of nitrogens with zero attached hydrogens (tertiary/aromatic N) is 4. The molecule has 0 fully saturated rings. The molecular weight excluding hydrogens is 276 g/mol. The molecule has 2 aromatic rings. The summed E-state index contributed by atoms with van der Waals surface area (Å²) in [4.78, 5) is 20.5. The molecule has 0 N–H and O–H groups in total. The van der Waals surface area contributed by atoms with Crippen molar-refractivity contribution in [2.75, 3.05) is 27.7 Å². The van der Waals surface area contributed by atoms with Crippen molar-refractivity contribution in [1.29, 1.82) is 0 Å². The van der Waals surface area contributed by atoms with E-state index in [1.165, 1.54) is 0 Å². The lowest BCUT2D eigenvalue weighted by Crippen LogP contribution is -2.35. The normalized spacial score (nSPS) is 12.7. The molecular formula is C13H18N4O2S. The van der Waals surface area contributed by atoms with Crippen molar-refractivity contribution in [2.24, 2.45) is 0 Å². The van der Waals surface area contributed by atoms with Crippen molar-refractivity contribution >= 4 is 17.2 Å². The summed E-state index contributed by atoms with van der Waals surface area (Å²) in [5.41, 5.74) is 0. The van der Waals surface area contributed by atoms with Crippen molar-refractivity contribution in [1.82, 2.24) is 19.9 Å². The Morgan fingerprint density at radius 3 is 2.80 bits per heavy atom. The summed E-state index contributed by atoms with van der Waals surface area (Å²) >= 11 is 1.56. The van der Waals surface area contributed by atoms with Crippen molar-refractivity contribution in [3.8, 4) is 10.7 Å². The molecule has 6 nitrogen and oxygen atoms in total. The van der Waals surface area contributed by atoms with Crippen LogP contribution in [0.5, 0.6) is 0 Å². The van der Waals surface area contributed by atoms with E-state index in [0.717, 1.165) is 4.88 Å². The average Bonchev–Trinajstić information content (AvgIpc) is 3.07. The van der Waals surface area contributed by atoms with Crippen LogP contribution in [-0.2, 0) is 4.79 Å². The zero-order valence-corrected chi connectivity index (χ0v) is 12.8. The van der Waals surface area contributed by atoms with Gasteiger partial charge in [0.25, 0.3) is 0 Å². The minimum absolute atomic E-state index is 0.0392. The third-order valence-electron chi connectivity index (χ3n) is 3.09. The number of thiophene rings is 1. The van der Waals surface area contributed by atoms with Gasteiger partial charge in [0.15, 0.2) is 0 Å². The van der Waals surface area contributed by atoms with Crippen LogP contribution >= 0.6 is 11.3 Å². The zero-order valence-electron chi connectivity index (χ0n) is 12.0. The number of aromatic nitrogens is 2. The largest absolute Gasteiger partial charge is 0.348 e. The topological polar surface area (TPSA) is 62.5 Å². The summed E-state index contributed by atoms with van der Waals surface area (Å²) in [7, 11) is 5.34. The van der Waals surface area contributed by atoms with E-state index in [0.29, 0.717) is 18.3 Å². The van der Waals surface area contributed by atoms with E-state index in [4.69, 9.17) is 4.52 Å². The van der Waals surface area contributed by atoms with E-state index in [9.17, 15) is 4.79 Å². The lowest BCUT2D eigenvalue weighted by molar-refractivity contribution is -0.130. The first-order chi connectivity index (χ1) is 9.49. The van der Waals surface area contributed by atoms with Crippen molar-refractivity contribution in [3.63, 3.8) is 0 Å². The Kier molecular flexibility index (Phi) is 4.51. The van der Waals surface area contributed by atoms with Crippen LogP contribution in [0.3, 0.4) is 0 Å². The Bertz CT molecular complexity index is 565. The molecule has 0 aromatic carbocycles. The molecule has 0 spiro atoms. The van der Waals surface area contributed by atoms with Gasteiger partial charge in [0, 0.05) is 14.1 Å². The predicted octanol–water partition coefficient (Wildman–Crippen LogP) is 1.88. The maximum atomic E-state index is 11.7. The van der Waals surface area contributed by atoms with Crippen LogP contribution < -0.4 is 0 Å². The van der Waals surface area contributed by atoms with Crippen LogP contribution in [0, 0.1) is 0 Å². The highest BCUT2D eigenvalue weighted by Gasteiger charge is 2.21. The van der Waals surface area contributed by atoms with Gasteiger partial charge in [-0.15, -0.1) is 11.3 Å². The summed E-state index contributed by atoms with van der Waals surface area (Å²) in [6.45, 7) is 2.25. The smallest absolute Gasteiger partial charge is 0.244 e. The zero-order chi connectivity index (χ0) is 14.7. The molecule has 2 rings (SSSR count). The van der Waals surface area contributed by atoms with Gasteiger partial charge in [0.1, 0.15) is 0 Å². The molecule has 0 aliphatic carbocycles. The first-order valence-electron chi connectivity index (χ1n) is 6.27. The number of amides is 1. The Morgan fingerprint density at radius 2 is 2.20 bits per heavy atom. The van der Waals surface area contributed by atoms with Gasteiger partial charge in [-0.3, -0.25) is 9.69 Å². The first kappa shape index (κ1) is 14.7. The Morgan fingerprint density at radius 1 is 1.45 bits per heavy atom. The molecule has 0 aliphatic rings. The van der Waals surface area contributed by atoms with E-state index >= 15 is 0 Å². The fourth-order valence-corrected chi connectivity index (χ4v) is 2.24. The summed E-state index contributed by atoms with van der Waals surface area (Å²) in [5, 5.41) is 5.95. The van der Waals surface area contributed by atoms with Crippen LogP contribution in [0.2, 0.25) is 0 Å². The number of hydrogen-bond acceptors (Lipinski definition) is 6. The van der Waals surface area contributed by atoms with Gasteiger partial charge in [-0.05, 0) is 25.4 Å². The molecule has 0 saturated carbocycles. The molecule has 0 bridgehead atoms. The van der Waals surface area contributed by atoms with Gasteiger partial charge in [-0.25, -0.2) is 0 Å². The molecule has 0 radical (unpaired) electrons. The monoisotopic (exact) mass is 294 g/mol. The quantitative estimate of drug-likeness (QED) is 0.842. The van der Waals surface area contributed by atoms with Crippen LogP contribution in [0.25, 0.3) is 10.7 Å². The molecule has 1 amide bonds. The summed E-state index contributed by atoms with van der Waals surface area (Å²) < 4.78 is 5.29. The Balaban J connectivity index is 2.06. The lowest BCUT2D eigenvalue weighted by Gasteiger charge is -2.22. The molecule has 1 unspecified atom stereocenters. The number of rotatable bonds is 5. The maximum absolute atomic E-state index is 11.7. The van der Waals surface area contributed by atoms with Gasteiger partial charge < -0.3 is 9.42 Å². The summed E-state index contributed by atoms with van der Waals surface area (Å²) in [6, 6.07) is 3.78. The SMILES string of the molecule is CC(c1nc(-c2cccs2)no1)N(C)CC(=O)N(C)C. The van der Waals surface area contributed by atoms with E-state index in [1.807, 2.05) is 36.4 Å². The second kappa shape index (κ2) is 6.15. The number of hydrogen-bond donors (Lipinski definition) is 0. The third-order valence-corrected chi connectivity index (χ3v) is 3.95. The average molecular weight is 294 g/mol. The molecule has 108 valence electrons. The van der Waals surface area contributed by atoms with E-state index < -0.39 is 0 Å². The molecule has 2 aromatic heterocycles. The van der Waals surface area contributed by atoms with Gasteiger partial charge in [-0.2, -0.15) is 4.98 Å². The molecule has 20 heavy (non-hydrogen) atoms. The molecule has 7 heteroatoms. The van der Waals surface area contributed by atoms with Gasteiger partial charge in [-0.1, -0.05) is 11.2 Å². The second-order valence-electron chi connectivity index (χ2n) is 4.81. The predicted molar refractivity (Wildman–Crippen MR) is 77.4 cm³/mol. The van der Waals surface area contributed by atoms with Gasteiger partial charge >= 0.3 is 0 Å². The van der Waals surface area contributed by atoms with E-state index in [1.54, 1.807) is 30.3 Å². The third kappa shape index (κ3) is 3.23. The molecule has 2 heterocycles. The molecule has 0 saturated heterocycles. The van der Waals surface area contributed by atoms with E-state index in [-0.39, 0.29) is 11.9 Å². The fraction of sp³-hybridized carbons (Fsp3) is 0.462. The lowest BCUT2D eigenvalue weighted by atomic mass is 10.3. The summed E-state index contributed by atoms with van der Waals surface area (Å²) in [5.74, 6) is 1.15. The van der Waals surface area contributed by atoms with Gasteiger partial charge in [0.2, 0.25) is 17.6 Å². The summed E-state index contributed by atoms with van der Waals surface area (Å²) in [6.07, 6.45) is 0. The molecule has 0 aliphatic heterocycles. The first-order valence-corrected chi connectivity index (χ1v) is 7.15. The van der Waals surface area contributed by atoms with Crippen LogP contribution in [0.1, 0.15) is 18.9 Å². The van der Waals surface area contributed by atoms with Crippen LogP contribution in [0.4, 0.5) is 0 Å². The maximum Gasteiger partial charge on any atom is 0.244 e. The standard InChI is InChI=1S/C13H18N4O2S/c1-9(17(4)8-11(18)16(2)3)13-14-12(15-19-13)10-6-5-7-20-10/h5-7,9H,8H2,1-4H3. The fourth-order valence-electron chi connectivity index (χ4n) is 1.59. The Labute approximate surface area is 122 Å². The molecule has 1 atom stereocenters. The van der Waals surface area contributed by atoms with Crippen molar-refractivity contribution in [3.05, 3.63) is 23.4 Å². The number of likely N-dealkylation sites (N-methyl/N-ethyl adjacent to an activating group) is 2. The Hall–Kier alpha value is -1.73. The van der Waals surface area contributed by atoms with Crippen LogP contribution in [0.15, 0.2) is 22.0 Å². The highest BCUT2D eigenvalue weighted by atomic mass is 32.1. The second-order valence-corrected chi connectivity index (χ2v) is 5.76. The van der Waals surface area contributed by atoms with Crippen LogP contribution in [-0.4, -0.2) is 53.5 Å². The minimum Gasteiger partial charge on any atom is -0.348 e. The highest BCUT2D eigenvalue weighted by molar-refractivity contribution is 7.13. The van der Waals surface area contributed by atoms with Gasteiger partial charge in [0.05, 0.1) is 17.5 Å². The number of carbonyl (C=O) groups is 1. The number of carbonyl (C=O) groups excluding carboxylic acids is 1. The highest BCUT2D eigenvalue weighted by Crippen LogP contribution is 2.24. The van der Waals surface area contributed by atoms with Crippen molar-refractivity contribution in [2.45, 2.75) is 13.0 Å².